The first-order chi connectivity index (χ1) is 15.5. The molecule has 4 aliphatic carbocycles. The maximum absolute atomic E-state index is 12.1. The SMILES string of the molecule is C[C@H]1CO[C@@]2(O[C@H]3C[C@H]4[C@@H]5CC[C@H]6C[C@@H](O)CC[C@]6(C)[C@H]5[C@H](Br)[C@@H](O)[C@]4(C)[C@H]3[C@@H]2C)C(Br)C1. The molecule has 2 heterocycles. The number of alkyl halides is 2. The topological polar surface area (TPSA) is 58.9 Å². The summed E-state index contributed by atoms with van der Waals surface area (Å²) in [6.45, 7) is 10.2. The van der Waals surface area contributed by atoms with Gasteiger partial charge in [-0.05, 0) is 80.0 Å². The number of ether oxygens (including phenoxy) is 2. The quantitative estimate of drug-likeness (QED) is 0.366. The van der Waals surface area contributed by atoms with Gasteiger partial charge < -0.3 is 19.7 Å². The summed E-state index contributed by atoms with van der Waals surface area (Å²) < 4.78 is 13.4. The molecular weight excluding hydrogens is 548 g/mol. The number of rotatable bonds is 0. The van der Waals surface area contributed by atoms with Crippen molar-refractivity contribution in [1.82, 2.24) is 0 Å². The normalized spacial score (nSPS) is 64.7. The van der Waals surface area contributed by atoms with Gasteiger partial charge in [-0.1, -0.05) is 59.6 Å². The van der Waals surface area contributed by atoms with E-state index in [-0.39, 0.29) is 38.6 Å². The zero-order valence-corrected chi connectivity index (χ0v) is 23.7. The van der Waals surface area contributed by atoms with Crippen molar-refractivity contribution in [2.24, 2.45) is 52.3 Å². The average molecular weight is 590 g/mol. The lowest BCUT2D eigenvalue weighted by Gasteiger charge is -2.64. The Morgan fingerprint density at radius 1 is 0.939 bits per heavy atom. The van der Waals surface area contributed by atoms with Gasteiger partial charge in [-0.3, -0.25) is 0 Å². The highest BCUT2D eigenvalue weighted by atomic mass is 79.9. The Morgan fingerprint density at radius 3 is 2.42 bits per heavy atom. The van der Waals surface area contributed by atoms with Crippen molar-refractivity contribution in [3.05, 3.63) is 0 Å². The van der Waals surface area contributed by atoms with Crippen molar-refractivity contribution in [2.45, 2.75) is 106 Å². The van der Waals surface area contributed by atoms with Gasteiger partial charge in [0.15, 0.2) is 5.79 Å². The predicted octanol–water partition coefficient (Wildman–Crippen LogP) is 5.51. The number of hydrogen-bond donors (Lipinski definition) is 2. The van der Waals surface area contributed by atoms with Gasteiger partial charge in [-0.2, -0.15) is 0 Å². The van der Waals surface area contributed by atoms with Crippen LogP contribution in [0.4, 0.5) is 0 Å². The maximum atomic E-state index is 12.1. The van der Waals surface area contributed by atoms with Gasteiger partial charge in [-0.25, -0.2) is 0 Å². The predicted molar refractivity (Wildman–Crippen MR) is 135 cm³/mol. The molecule has 4 saturated carbocycles. The molecule has 15 atom stereocenters. The van der Waals surface area contributed by atoms with Gasteiger partial charge >= 0.3 is 0 Å². The van der Waals surface area contributed by atoms with E-state index in [1.54, 1.807) is 0 Å². The molecule has 1 unspecified atom stereocenters. The fourth-order valence-electron chi connectivity index (χ4n) is 10.3. The van der Waals surface area contributed by atoms with Crippen LogP contribution in [-0.2, 0) is 9.47 Å². The minimum Gasteiger partial charge on any atom is -0.393 e. The van der Waals surface area contributed by atoms with Crippen molar-refractivity contribution in [1.29, 1.82) is 0 Å². The molecule has 0 amide bonds. The molecule has 0 aromatic heterocycles. The van der Waals surface area contributed by atoms with Crippen molar-refractivity contribution in [3.63, 3.8) is 0 Å². The minimum absolute atomic E-state index is 0.0985. The lowest BCUT2D eigenvalue weighted by atomic mass is 9.43. The third-order valence-corrected chi connectivity index (χ3v) is 14.0. The molecule has 33 heavy (non-hydrogen) atoms. The first kappa shape index (κ1) is 24.2. The number of halogens is 2. The van der Waals surface area contributed by atoms with Crippen LogP contribution in [0.25, 0.3) is 0 Å². The van der Waals surface area contributed by atoms with Crippen LogP contribution in [0.5, 0.6) is 0 Å². The van der Waals surface area contributed by atoms with E-state index < -0.39 is 11.9 Å². The highest BCUT2D eigenvalue weighted by molar-refractivity contribution is 9.09. The fourth-order valence-corrected chi connectivity index (χ4v) is 13.2. The van der Waals surface area contributed by atoms with Crippen LogP contribution in [-0.4, -0.2) is 50.6 Å². The van der Waals surface area contributed by atoms with Gasteiger partial charge in [0.1, 0.15) is 0 Å². The van der Waals surface area contributed by atoms with Gasteiger partial charge in [0, 0.05) is 22.1 Å². The third-order valence-electron chi connectivity index (χ3n) is 11.9. The summed E-state index contributed by atoms with van der Waals surface area (Å²) in [5.41, 5.74) is 0.0348. The molecule has 0 aromatic carbocycles. The highest BCUT2D eigenvalue weighted by Crippen LogP contribution is 2.72. The average Bonchev–Trinajstić information content (AvgIpc) is 3.22. The minimum atomic E-state index is -0.558. The number of aliphatic hydroxyl groups excluding tert-OH is 2. The lowest BCUT2D eigenvalue weighted by Crippen LogP contribution is -2.64. The summed E-state index contributed by atoms with van der Waals surface area (Å²) in [6, 6.07) is 0. The monoisotopic (exact) mass is 588 g/mol. The number of aliphatic hydroxyl groups is 2. The van der Waals surface area contributed by atoms with Crippen molar-refractivity contribution >= 4 is 31.9 Å². The molecule has 0 aromatic rings. The summed E-state index contributed by atoms with van der Waals surface area (Å²) in [5.74, 6) is 2.68. The summed E-state index contributed by atoms with van der Waals surface area (Å²) in [6.07, 6.45) is 7.12. The van der Waals surface area contributed by atoms with E-state index in [2.05, 4.69) is 59.6 Å². The Balaban J connectivity index is 1.34. The van der Waals surface area contributed by atoms with E-state index in [9.17, 15) is 10.2 Å². The zero-order valence-electron chi connectivity index (χ0n) is 20.6. The Morgan fingerprint density at radius 2 is 1.70 bits per heavy atom. The molecule has 2 aliphatic heterocycles. The smallest absolute Gasteiger partial charge is 0.184 e. The van der Waals surface area contributed by atoms with Crippen molar-refractivity contribution < 1.29 is 19.7 Å². The van der Waals surface area contributed by atoms with E-state index in [1.807, 2.05) is 0 Å². The van der Waals surface area contributed by atoms with Gasteiger partial charge in [0.25, 0.3) is 0 Å². The summed E-state index contributed by atoms with van der Waals surface area (Å²) in [7, 11) is 0. The van der Waals surface area contributed by atoms with Crippen LogP contribution < -0.4 is 0 Å². The maximum Gasteiger partial charge on any atom is 0.184 e. The van der Waals surface area contributed by atoms with Gasteiger partial charge in [0.05, 0.1) is 29.7 Å². The Hall–Kier alpha value is 0.800. The molecule has 188 valence electrons. The second-order valence-corrected chi connectivity index (χ2v) is 15.5. The Bertz CT molecular complexity index is 796. The molecule has 6 aliphatic rings. The molecule has 6 fully saturated rings. The van der Waals surface area contributed by atoms with Crippen LogP contribution in [0.15, 0.2) is 0 Å². The number of fused-ring (bicyclic) bond motifs is 7. The van der Waals surface area contributed by atoms with Crippen LogP contribution in [0.1, 0.15) is 72.6 Å². The van der Waals surface area contributed by atoms with Crippen LogP contribution in [0.2, 0.25) is 0 Å². The molecule has 4 nitrogen and oxygen atoms in total. The lowest BCUT2D eigenvalue weighted by molar-refractivity contribution is -0.268. The Labute approximate surface area is 216 Å². The Kier molecular flexibility index (Phi) is 5.78. The third kappa shape index (κ3) is 3.06. The fraction of sp³-hybridized carbons (Fsp3) is 1.00. The summed E-state index contributed by atoms with van der Waals surface area (Å²) >= 11 is 8.07. The van der Waals surface area contributed by atoms with E-state index in [0.717, 1.165) is 38.7 Å². The second-order valence-electron chi connectivity index (χ2n) is 13.3. The summed E-state index contributed by atoms with van der Waals surface area (Å²) in [5, 5.41) is 22.4. The van der Waals surface area contributed by atoms with Crippen LogP contribution in [0.3, 0.4) is 0 Å². The molecule has 2 N–H and O–H groups in total. The van der Waals surface area contributed by atoms with Crippen molar-refractivity contribution in [2.75, 3.05) is 6.61 Å². The van der Waals surface area contributed by atoms with Crippen LogP contribution in [0, 0.1) is 52.3 Å². The molecular formula is C27H42Br2O4. The molecule has 6 heteroatoms. The molecule has 1 spiro atoms. The van der Waals surface area contributed by atoms with Gasteiger partial charge in [-0.15, -0.1) is 0 Å². The second kappa shape index (κ2) is 7.90. The summed E-state index contributed by atoms with van der Waals surface area (Å²) in [4.78, 5) is 0.300. The van der Waals surface area contributed by atoms with E-state index in [0.29, 0.717) is 35.5 Å². The largest absolute Gasteiger partial charge is 0.393 e. The van der Waals surface area contributed by atoms with E-state index >= 15 is 0 Å². The van der Waals surface area contributed by atoms with Gasteiger partial charge in [0.2, 0.25) is 0 Å². The zero-order chi connectivity index (χ0) is 23.5. The van der Waals surface area contributed by atoms with Crippen LogP contribution >= 0.6 is 31.9 Å². The molecule has 0 bridgehead atoms. The standard InChI is InChI=1S/C27H42Br2O4/c1-13-9-20(28)27(32-12-13)14(2)21-19(33-27)11-18-17-6-5-15-10-16(30)7-8-25(15,3)22(17)23(29)24(31)26(18,21)4/h13-24,30-31H,5-12H2,1-4H3/t13-,14+,15+,16+,17+,18+,19+,20?,21+,22-,23+,24-,25+,26+,27+/m1/s1. The molecule has 2 saturated heterocycles. The first-order valence-corrected chi connectivity index (χ1v) is 15.3. The molecule has 6 rings (SSSR count). The first-order valence-electron chi connectivity index (χ1n) is 13.5. The highest BCUT2D eigenvalue weighted by Gasteiger charge is 2.74. The van der Waals surface area contributed by atoms with Crippen molar-refractivity contribution in [3.8, 4) is 0 Å². The van der Waals surface area contributed by atoms with E-state index in [1.165, 1.54) is 12.8 Å². The van der Waals surface area contributed by atoms with E-state index in [4.69, 9.17) is 9.47 Å². The molecule has 0 radical (unpaired) electrons. The number of hydrogen-bond acceptors (Lipinski definition) is 4.